The van der Waals surface area contributed by atoms with Crippen LogP contribution in [0, 0.1) is 0 Å². The molecule has 0 N–H and O–H groups in total. The Bertz CT molecular complexity index is 207. The van der Waals surface area contributed by atoms with Crippen molar-refractivity contribution < 1.29 is 4.21 Å². The van der Waals surface area contributed by atoms with Gasteiger partial charge >= 0.3 is 63.2 Å². The van der Waals surface area contributed by atoms with Crippen molar-refractivity contribution in [3.05, 3.63) is 0 Å². The average Bonchev–Trinajstić information content (AvgIpc) is 1.31. The topological polar surface area (TPSA) is 17.1 Å². The predicted molar refractivity (Wildman–Crippen MR) is 48.6 cm³/mol. The van der Waals surface area contributed by atoms with E-state index < -0.39 is 13.9 Å². The van der Waals surface area contributed by atoms with Crippen molar-refractivity contribution in [2.24, 2.45) is 0 Å². The molecule has 7 heavy (non-hydrogen) atoms. The monoisotopic (exact) mass is 265 g/mol. The molecule has 1 atom stereocenters. The van der Waals surface area contributed by atoms with Crippen LogP contribution in [0.5, 0.6) is 0 Å². The summed E-state index contributed by atoms with van der Waals surface area (Å²) in [6, 6.07) is 0. The second-order valence-electron chi connectivity index (χ2n) is 0.952. The second-order valence-corrected chi connectivity index (χ2v) is 13.0. The van der Waals surface area contributed by atoms with E-state index >= 15 is 0 Å². The number of hydrogen-bond donors (Lipinski definition) is 0. The van der Waals surface area contributed by atoms with E-state index in [1.807, 2.05) is 21.2 Å². The van der Waals surface area contributed by atoms with Gasteiger partial charge in [0.2, 0.25) is 0 Å². The predicted octanol–water partition coefficient (Wildman–Crippen LogP) is 0.329. The van der Waals surface area contributed by atoms with Crippen LogP contribution >= 0.6 is 21.2 Å². The van der Waals surface area contributed by atoms with Crippen LogP contribution in [0.2, 0.25) is 0 Å². The van der Waals surface area contributed by atoms with Crippen LogP contribution < -0.4 is 0 Å². The van der Waals surface area contributed by atoms with Gasteiger partial charge in [0.15, 0.2) is 0 Å². The molecule has 0 bridgehead atoms. The van der Waals surface area contributed by atoms with Crippen molar-refractivity contribution in [3.8, 4) is 0 Å². The van der Waals surface area contributed by atoms with Crippen LogP contribution in [0.4, 0.5) is 0 Å². The zero-order valence-corrected chi connectivity index (χ0v) is 8.20. The minimum atomic E-state index is -2.12. The van der Waals surface area contributed by atoms with E-state index in [0.29, 0.717) is 0 Å². The fraction of sp³-hybridized carbons (Fsp3) is 1.00. The van der Waals surface area contributed by atoms with Gasteiger partial charge in [-0.25, -0.2) is 0 Å². The van der Waals surface area contributed by atoms with E-state index in [4.69, 9.17) is 6.53 Å². The molecule has 0 aromatic heterocycles. The molecule has 0 spiro atoms. The zero-order chi connectivity index (χ0) is 6.08. The van der Waals surface area contributed by atoms with E-state index in [2.05, 4.69) is 11.2 Å². The quantitative estimate of drug-likeness (QED) is 0.272. The van der Waals surface area contributed by atoms with E-state index in [1.165, 1.54) is 6.26 Å². The molecule has 0 fully saturated rings. The molecule has 1 unspecified atom stereocenters. The molecule has 0 aromatic rings. The number of rotatable bonds is 0. The van der Waals surface area contributed by atoms with Gasteiger partial charge in [0.1, 0.15) is 0 Å². The molecule has 0 saturated carbocycles. The van der Waals surface area contributed by atoms with Gasteiger partial charge in [-0.2, -0.15) is 0 Å². The van der Waals surface area contributed by atoms with Gasteiger partial charge in [0.25, 0.3) is 0 Å². The first-order chi connectivity index (χ1) is 2.94. The SMILES string of the molecule is B#[S-](I)S(C)(=O)=S. The molecule has 0 saturated heterocycles. The molecular weight excluding hydrogens is 262 g/mol. The third kappa shape index (κ3) is 4.05. The Hall–Kier alpha value is 1.51. The summed E-state index contributed by atoms with van der Waals surface area (Å²) in [7, 11) is -2.12. The van der Waals surface area contributed by atoms with Crippen LogP contribution in [0.3, 0.4) is 0 Å². The van der Waals surface area contributed by atoms with Gasteiger partial charge in [-0.05, 0) is 0 Å². The van der Waals surface area contributed by atoms with Gasteiger partial charge in [0.05, 0.1) is 0 Å². The number of halogens is 1. The Kier molecular flexibility index (Phi) is 3.51. The summed E-state index contributed by atoms with van der Waals surface area (Å²) in [4.78, 5) is 0. The average molecular weight is 265 g/mol. The van der Waals surface area contributed by atoms with Gasteiger partial charge in [-0.3, -0.25) is 0 Å². The summed E-state index contributed by atoms with van der Waals surface area (Å²) >= 11 is 6.39. The molecule has 1 nitrogen and oxygen atoms in total. The van der Waals surface area contributed by atoms with Crippen LogP contribution in [0.1, 0.15) is 0 Å². The van der Waals surface area contributed by atoms with Crippen LogP contribution in [-0.2, 0) is 25.0 Å². The summed E-state index contributed by atoms with van der Waals surface area (Å²) < 4.78 is 10.6. The van der Waals surface area contributed by atoms with Crippen molar-refractivity contribution in [1.82, 2.24) is 0 Å². The van der Waals surface area contributed by atoms with Gasteiger partial charge in [-0.15, -0.1) is 0 Å². The Morgan fingerprint density at radius 2 is 2.14 bits per heavy atom. The Labute approximate surface area is 62.7 Å². The Morgan fingerprint density at radius 3 is 2.14 bits per heavy atom. The summed E-state index contributed by atoms with van der Waals surface area (Å²) in [5.74, 6) is 0. The Morgan fingerprint density at radius 1 is 2.00 bits per heavy atom. The van der Waals surface area contributed by atoms with Gasteiger partial charge in [0, 0.05) is 0 Å². The molecule has 0 aliphatic rings. The fourth-order valence-electron chi connectivity index (χ4n) is 0. The van der Waals surface area contributed by atoms with Crippen LogP contribution in [-0.4, -0.2) is 17.0 Å². The molecular formula is CH3BIOS3-. The summed E-state index contributed by atoms with van der Waals surface area (Å²) in [5, 5.41) is 0. The second kappa shape index (κ2) is 2.88. The normalized spacial score (nSPS) is 19.6. The molecule has 0 rings (SSSR count). The molecule has 0 aliphatic heterocycles. The van der Waals surface area contributed by atoms with Gasteiger partial charge in [-0.1, -0.05) is 0 Å². The molecule has 6 heteroatoms. The van der Waals surface area contributed by atoms with E-state index in [-0.39, 0.29) is 0 Å². The van der Waals surface area contributed by atoms with Gasteiger partial charge < -0.3 is 0 Å². The molecule has 0 heterocycles. The first-order valence-corrected chi connectivity index (χ1v) is 8.54. The van der Waals surface area contributed by atoms with E-state index in [0.717, 1.165) is 0 Å². The van der Waals surface area contributed by atoms with E-state index in [9.17, 15) is 4.21 Å². The standard InChI is InChI=1S/CH3BIOS3/c1-7(4,5)6(2)3/h1H3/q-1. The van der Waals surface area contributed by atoms with Crippen molar-refractivity contribution in [3.63, 3.8) is 0 Å². The zero-order valence-electron chi connectivity index (χ0n) is 3.59. The Balaban J connectivity index is 4.56. The van der Waals surface area contributed by atoms with Crippen LogP contribution in [0.15, 0.2) is 0 Å². The molecule has 0 radical (unpaired) electrons. The molecule has 42 valence electrons. The molecule has 0 amide bonds. The van der Waals surface area contributed by atoms with Crippen molar-refractivity contribution in [1.29, 1.82) is 0 Å². The third-order valence-electron chi connectivity index (χ3n) is 0.289. The van der Waals surface area contributed by atoms with Crippen molar-refractivity contribution in [2.45, 2.75) is 0 Å². The van der Waals surface area contributed by atoms with Crippen molar-refractivity contribution >= 4 is 52.8 Å². The summed E-state index contributed by atoms with van der Waals surface area (Å²) in [6.07, 6.45) is 0.864. The number of hydrogen-bond acceptors (Lipinski definition) is 3. The third-order valence-corrected chi connectivity index (χ3v) is 12.3. The first-order valence-electron chi connectivity index (χ1n) is 1.30. The molecule has 0 aromatic carbocycles. The maximum atomic E-state index is 10.6. The van der Waals surface area contributed by atoms with E-state index in [1.54, 1.807) is 0 Å². The maximum absolute atomic E-state index is 10.6. The first kappa shape index (κ1) is 8.51. The van der Waals surface area contributed by atoms with Crippen molar-refractivity contribution in [2.75, 3.05) is 6.26 Å². The minimum absolute atomic E-state index is 0.620. The summed E-state index contributed by atoms with van der Waals surface area (Å²) in [6.45, 7) is 5.20. The van der Waals surface area contributed by atoms with Crippen LogP contribution in [0.25, 0.3) is 0 Å². The summed E-state index contributed by atoms with van der Waals surface area (Å²) in [5.41, 5.74) is 0. The fourth-order valence-corrected chi connectivity index (χ4v) is 0. The molecule has 0 aliphatic carbocycles.